The van der Waals surface area contributed by atoms with Crippen LogP contribution in [0, 0.1) is 0 Å². The summed E-state index contributed by atoms with van der Waals surface area (Å²) >= 11 is 6.48. The lowest BCUT2D eigenvalue weighted by atomic mass is 10.0. The van der Waals surface area contributed by atoms with Crippen molar-refractivity contribution in [2.45, 2.75) is 103 Å². The molecular formula is C22H39ClSi. The third kappa shape index (κ3) is 10.6. The van der Waals surface area contributed by atoms with Gasteiger partial charge >= 0.3 is 0 Å². The molecule has 0 spiro atoms. The quantitative estimate of drug-likeness (QED) is 0.181. The van der Waals surface area contributed by atoms with Crippen LogP contribution in [-0.2, 0) is 6.42 Å². The molecule has 0 amide bonds. The maximum Gasteiger partial charge on any atom is 0.180 e. The molecule has 2 heteroatoms. The van der Waals surface area contributed by atoms with E-state index in [4.69, 9.17) is 11.1 Å². The zero-order valence-electron chi connectivity index (χ0n) is 16.4. The number of rotatable bonds is 14. The largest absolute Gasteiger partial charge is 0.180 e. The van der Waals surface area contributed by atoms with E-state index in [0.717, 1.165) is 0 Å². The van der Waals surface area contributed by atoms with Crippen molar-refractivity contribution < 1.29 is 0 Å². The van der Waals surface area contributed by atoms with Crippen molar-refractivity contribution in [1.82, 2.24) is 0 Å². The van der Waals surface area contributed by atoms with Gasteiger partial charge in [-0.1, -0.05) is 115 Å². The first-order valence-corrected chi connectivity index (χ1v) is 14.3. The summed E-state index contributed by atoms with van der Waals surface area (Å²) in [5.74, 6) is 0. The van der Waals surface area contributed by atoms with E-state index in [2.05, 4.69) is 44.3 Å². The number of hydrogen-bond donors (Lipinski definition) is 0. The first-order chi connectivity index (χ1) is 11.5. The van der Waals surface area contributed by atoms with Crippen molar-refractivity contribution in [3.05, 3.63) is 29.8 Å². The zero-order chi connectivity index (χ0) is 17.7. The monoisotopic (exact) mass is 366 g/mol. The van der Waals surface area contributed by atoms with E-state index in [0.29, 0.717) is 0 Å². The van der Waals surface area contributed by atoms with Crippen molar-refractivity contribution in [1.29, 1.82) is 0 Å². The van der Waals surface area contributed by atoms with Crippen LogP contribution in [0.3, 0.4) is 0 Å². The number of unbranched alkanes of at least 4 members (excludes halogenated alkanes) is 11. The molecule has 0 saturated heterocycles. The van der Waals surface area contributed by atoms with Crippen LogP contribution < -0.4 is 5.19 Å². The maximum absolute atomic E-state index is 6.48. The van der Waals surface area contributed by atoms with Crippen LogP contribution in [0.4, 0.5) is 0 Å². The molecule has 1 aromatic carbocycles. The van der Waals surface area contributed by atoms with Crippen molar-refractivity contribution in [2.24, 2.45) is 0 Å². The van der Waals surface area contributed by atoms with Gasteiger partial charge in [0.25, 0.3) is 0 Å². The third-order valence-electron chi connectivity index (χ3n) is 4.96. The Bertz CT molecular complexity index is 405. The average molecular weight is 367 g/mol. The number of hydrogen-bond acceptors (Lipinski definition) is 0. The van der Waals surface area contributed by atoms with Crippen LogP contribution in [0.1, 0.15) is 89.5 Å². The highest BCUT2D eigenvalue weighted by Gasteiger charge is 2.19. The molecule has 0 aliphatic carbocycles. The highest BCUT2D eigenvalue weighted by atomic mass is 35.6. The molecule has 0 aromatic heterocycles. The Morgan fingerprint density at radius 1 is 0.667 bits per heavy atom. The van der Waals surface area contributed by atoms with Gasteiger partial charge < -0.3 is 0 Å². The fraction of sp³-hybridized carbons (Fsp3) is 0.727. The first-order valence-electron chi connectivity index (χ1n) is 10.3. The molecule has 0 saturated carbocycles. The minimum absolute atomic E-state index is 1.22. The molecule has 0 radical (unpaired) electrons. The zero-order valence-corrected chi connectivity index (χ0v) is 18.1. The van der Waals surface area contributed by atoms with E-state index in [1.165, 1.54) is 94.2 Å². The summed E-state index contributed by atoms with van der Waals surface area (Å²) in [7, 11) is -1.65. The molecule has 0 N–H and O–H groups in total. The van der Waals surface area contributed by atoms with Gasteiger partial charge in [-0.25, -0.2) is 0 Å². The molecule has 0 aliphatic heterocycles. The van der Waals surface area contributed by atoms with Crippen molar-refractivity contribution in [2.75, 3.05) is 0 Å². The topological polar surface area (TPSA) is 0 Å². The van der Waals surface area contributed by atoms with Gasteiger partial charge in [-0.3, -0.25) is 0 Å². The van der Waals surface area contributed by atoms with Crippen LogP contribution in [0.2, 0.25) is 13.1 Å². The average Bonchev–Trinajstić information content (AvgIpc) is 2.55. The fourth-order valence-corrected chi connectivity index (χ4v) is 4.58. The van der Waals surface area contributed by atoms with Crippen LogP contribution in [-0.4, -0.2) is 7.38 Å². The minimum atomic E-state index is -1.65. The molecule has 0 fully saturated rings. The molecule has 0 heterocycles. The Kier molecular flexibility index (Phi) is 11.8. The lowest BCUT2D eigenvalue weighted by Crippen LogP contribution is -2.34. The predicted molar refractivity (Wildman–Crippen MR) is 114 cm³/mol. The molecule has 24 heavy (non-hydrogen) atoms. The van der Waals surface area contributed by atoms with Crippen LogP contribution in [0.5, 0.6) is 0 Å². The van der Waals surface area contributed by atoms with Crippen molar-refractivity contribution in [3.8, 4) is 0 Å². The standard InChI is InChI=1S/C22H39ClSi/c1-4-5-6-7-8-9-10-11-12-13-14-15-16-21-17-19-22(20-18-21)24(2,3)23/h17-20H,4-16H2,1-3H3. The smallest absolute Gasteiger partial charge is 0.162 e. The van der Waals surface area contributed by atoms with Gasteiger partial charge in [0.2, 0.25) is 0 Å². The Balaban J connectivity index is 1.95. The van der Waals surface area contributed by atoms with Crippen molar-refractivity contribution >= 4 is 23.6 Å². The summed E-state index contributed by atoms with van der Waals surface area (Å²) in [5.41, 5.74) is 1.47. The lowest BCUT2D eigenvalue weighted by molar-refractivity contribution is 0.544. The SMILES string of the molecule is CCCCCCCCCCCCCCc1ccc([Si](C)(C)Cl)cc1. The van der Waals surface area contributed by atoms with Gasteiger partial charge in [0.15, 0.2) is 7.38 Å². The molecular weight excluding hydrogens is 328 g/mol. The Morgan fingerprint density at radius 3 is 1.50 bits per heavy atom. The summed E-state index contributed by atoms with van der Waals surface area (Å²) < 4.78 is 0. The summed E-state index contributed by atoms with van der Waals surface area (Å²) in [6, 6.07) is 9.06. The molecule has 0 nitrogen and oxygen atoms in total. The number of benzene rings is 1. The lowest BCUT2D eigenvalue weighted by Gasteiger charge is -2.13. The summed E-state index contributed by atoms with van der Waals surface area (Å²) in [5, 5.41) is 1.35. The third-order valence-corrected chi connectivity index (χ3v) is 7.32. The second kappa shape index (κ2) is 13.0. The molecule has 1 aromatic rings. The fourth-order valence-electron chi connectivity index (χ4n) is 3.24. The summed E-state index contributed by atoms with van der Waals surface area (Å²) in [6.45, 7) is 6.67. The van der Waals surface area contributed by atoms with E-state index in [1.54, 1.807) is 0 Å². The second-order valence-electron chi connectivity index (χ2n) is 7.81. The molecule has 0 unspecified atom stereocenters. The van der Waals surface area contributed by atoms with Crippen LogP contribution >= 0.6 is 11.1 Å². The number of aryl methyl sites for hydroxylation is 1. The van der Waals surface area contributed by atoms with Gasteiger partial charge in [-0.05, 0) is 23.6 Å². The summed E-state index contributed by atoms with van der Waals surface area (Å²) in [6.07, 6.45) is 18.3. The number of halogens is 1. The molecule has 0 bridgehead atoms. The second-order valence-corrected chi connectivity index (χ2v) is 14.2. The van der Waals surface area contributed by atoms with E-state index >= 15 is 0 Å². The van der Waals surface area contributed by atoms with Gasteiger partial charge in [0, 0.05) is 0 Å². The molecule has 138 valence electrons. The van der Waals surface area contributed by atoms with E-state index in [-0.39, 0.29) is 0 Å². The maximum atomic E-state index is 6.48. The normalized spacial score (nSPS) is 11.8. The first kappa shape index (κ1) is 21.8. The Morgan fingerprint density at radius 2 is 1.08 bits per heavy atom. The minimum Gasteiger partial charge on any atom is -0.162 e. The van der Waals surface area contributed by atoms with E-state index < -0.39 is 7.38 Å². The van der Waals surface area contributed by atoms with E-state index in [9.17, 15) is 0 Å². The van der Waals surface area contributed by atoms with Gasteiger partial charge in [0.05, 0.1) is 0 Å². The predicted octanol–water partition coefficient (Wildman–Crippen LogP) is 7.58. The summed E-state index contributed by atoms with van der Waals surface area (Å²) in [4.78, 5) is 0. The highest BCUT2D eigenvalue weighted by molar-refractivity contribution is 7.26. The van der Waals surface area contributed by atoms with Gasteiger partial charge in [-0.15, -0.1) is 0 Å². The Hall–Kier alpha value is -0.273. The highest BCUT2D eigenvalue weighted by Crippen LogP contribution is 2.14. The molecule has 0 aliphatic rings. The van der Waals surface area contributed by atoms with Gasteiger partial charge in [-0.2, -0.15) is 11.1 Å². The van der Waals surface area contributed by atoms with Crippen LogP contribution in [0.25, 0.3) is 0 Å². The molecule has 1 rings (SSSR count). The van der Waals surface area contributed by atoms with Crippen LogP contribution in [0.15, 0.2) is 24.3 Å². The Labute approximate surface area is 157 Å². The van der Waals surface area contributed by atoms with Gasteiger partial charge in [0.1, 0.15) is 0 Å². The van der Waals surface area contributed by atoms with E-state index in [1.807, 2.05) is 0 Å². The van der Waals surface area contributed by atoms with Crippen molar-refractivity contribution in [3.63, 3.8) is 0 Å². The molecule has 0 atom stereocenters.